The fourth-order valence-electron chi connectivity index (χ4n) is 1.02. The quantitative estimate of drug-likeness (QED) is 0.746. The first-order valence-corrected chi connectivity index (χ1v) is 4.32. The van der Waals surface area contributed by atoms with Gasteiger partial charge in [0.2, 0.25) is 0 Å². The summed E-state index contributed by atoms with van der Waals surface area (Å²) in [5.74, 6) is -0.0637. The fraction of sp³-hybridized carbons (Fsp3) is 0.400. The second-order valence-corrected chi connectivity index (χ2v) is 3.38. The third-order valence-corrected chi connectivity index (χ3v) is 1.56. The molecule has 0 unspecified atom stereocenters. The minimum absolute atomic E-state index is 0.0637. The second-order valence-electron chi connectivity index (χ2n) is 3.38. The third kappa shape index (κ3) is 2.86. The molecule has 0 aliphatic rings. The van der Waals surface area contributed by atoms with Crippen molar-refractivity contribution in [2.45, 2.75) is 26.8 Å². The van der Waals surface area contributed by atoms with Gasteiger partial charge in [-0.2, -0.15) is 0 Å². The van der Waals surface area contributed by atoms with Crippen molar-refractivity contribution < 1.29 is 4.79 Å². The van der Waals surface area contributed by atoms with Gasteiger partial charge in [-0.05, 0) is 32.4 Å². The number of nitrogens with zero attached hydrogens (tertiary/aromatic N) is 1. The second kappa shape index (κ2) is 4.03. The molecular formula is C10H14N2O. The molecule has 0 spiro atoms. The molecular weight excluding hydrogens is 164 g/mol. The van der Waals surface area contributed by atoms with Gasteiger partial charge >= 0.3 is 0 Å². The van der Waals surface area contributed by atoms with Crippen molar-refractivity contribution in [3.05, 3.63) is 29.6 Å². The van der Waals surface area contributed by atoms with Gasteiger partial charge < -0.3 is 5.32 Å². The van der Waals surface area contributed by atoms with E-state index in [1.807, 2.05) is 26.8 Å². The van der Waals surface area contributed by atoms with Crippen molar-refractivity contribution in [3.8, 4) is 0 Å². The summed E-state index contributed by atoms with van der Waals surface area (Å²) in [5, 5.41) is 2.81. The predicted octanol–water partition coefficient (Wildman–Crippen LogP) is 1.53. The molecule has 0 aromatic carbocycles. The van der Waals surface area contributed by atoms with Crippen LogP contribution in [0.15, 0.2) is 18.5 Å². The number of nitrogens with one attached hydrogen (secondary N) is 1. The van der Waals surface area contributed by atoms with E-state index in [9.17, 15) is 4.79 Å². The van der Waals surface area contributed by atoms with Gasteiger partial charge in [-0.25, -0.2) is 0 Å². The molecule has 0 fully saturated rings. The normalized spacial score (nSPS) is 10.2. The van der Waals surface area contributed by atoms with Crippen molar-refractivity contribution in [2.75, 3.05) is 0 Å². The Kier molecular flexibility index (Phi) is 3.01. The molecule has 1 aromatic heterocycles. The molecule has 0 atom stereocenters. The van der Waals surface area contributed by atoms with E-state index in [4.69, 9.17) is 0 Å². The Morgan fingerprint density at radius 2 is 2.15 bits per heavy atom. The zero-order valence-corrected chi connectivity index (χ0v) is 8.16. The third-order valence-electron chi connectivity index (χ3n) is 1.56. The highest BCUT2D eigenvalue weighted by Crippen LogP contribution is 2.01. The minimum atomic E-state index is -0.0637. The SMILES string of the molecule is Cc1cncc(C(=O)NC(C)C)c1. The highest BCUT2D eigenvalue weighted by Gasteiger charge is 2.06. The number of carbonyl (C=O) groups is 1. The molecule has 0 bridgehead atoms. The predicted molar refractivity (Wildman–Crippen MR) is 51.6 cm³/mol. The lowest BCUT2D eigenvalue weighted by Gasteiger charge is -2.07. The highest BCUT2D eigenvalue weighted by atomic mass is 16.1. The van der Waals surface area contributed by atoms with Crippen molar-refractivity contribution >= 4 is 5.91 Å². The lowest BCUT2D eigenvalue weighted by molar-refractivity contribution is 0.0942. The summed E-state index contributed by atoms with van der Waals surface area (Å²) in [4.78, 5) is 15.4. The maximum Gasteiger partial charge on any atom is 0.253 e. The molecule has 0 aliphatic carbocycles. The van der Waals surface area contributed by atoms with Gasteiger partial charge in [-0.15, -0.1) is 0 Å². The van der Waals surface area contributed by atoms with Crippen LogP contribution < -0.4 is 5.32 Å². The maximum atomic E-state index is 11.5. The van der Waals surface area contributed by atoms with E-state index >= 15 is 0 Å². The van der Waals surface area contributed by atoms with E-state index in [2.05, 4.69) is 10.3 Å². The Balaban J connectivity index is 2.77. The smallest absolute Gasteiger partial charge is 0.253 e. The van der Waals surface area contributed by atoms with Gasteiger partial charge in [0.25, 0.3) is 5.91 Å². The van der Waals surface area contributed by atoms with Crippen molar-refractivity contribution in [1.82, 2.24) is 10.3 Å². The number of pyridine rings is 1. The van der Waals surface area contributed by atoms with Crippen LogP contribution in [0.3, 0.4) is 0 Å². The molecule has 1 N–H and O–H groups in total. The molecule has 0 saturated carbocycles. The maximum absolute atomic E-state index is 11.5. The average Bonchev–Trinajstić information content (AvgIpc) is 2.03. The van der Waals surface area contributed by atoms with Gasteiger partial charge in [0.1, 0.15) is 0 Å². The summed E-state index contributed by atoms with van der Waals surface area (Å²) in [6.45, 7) is 5.78. The van der Waals surface area contributed by atoms with Crippen LogP contribution in [0.25, 0.3) is 0 Å². The average molecular weight is 178 g/mol. The Hall–Kier alpha value is -1.38. The van der Waals surface area contributed by atoms with Crippen LogP contribution in [0, 0.1) is 6.92 Å². The van der Waals surface area contributed by atoms with E-state index < -0.39 is 0 Å². The first kappa shape index (κ1) is 9.71. The minimum Gasteiger partial charge on any atom is -0.350 e. The zero-order valence-electron chi connectivity index (χ0n) is 8.16. The molecule has 1 aromatic rings. The number of aromatic nitrogens is 1. The Morgan fingerprint density at radius 3 is 2.69 bits per heavy atom. The summed E-state index contributed by atoms with van der Waals surface area (Å²) < 4.78 is 0. The summed E-state index contributed by atoms with van der Waals surface area (Å²) in [5.41, 5.74) is 1.62. The lowest BCUT2D eigenvalue weighted by atomic mass is 10.2. The molecule has 0 saturated heterocycles. The van der Waals surface area contributed by atoms with Gasteiger partial charge in [-0.1, -0.05) is 0 Å². The van der Waals surface area contributed by atoms with Gasteiger partial charge in [0.05, 0.1) is 5.56 Å². The van der Waals surface area contributed by atoms with Crippen LogP contribution in [-0.2, 0) is 0 Å². The Labute approximate surface area is 78.2 Å². The summed E-state index contributed by atoms with van der Waals surface area (Å²) in [6.07, 6.45) is 3.30. The molecule has 1 rings (SSSR count). The molecule has 0 aliphatic heterocycles. The van der Waals surface area contributed by atoms with E-state index in [0.717, 1.165) is 5.56 Å². The molecule has 70 valence electrons. The summed E-state index contributed by atoms with van der Waals surface area (Å²) in [6, 6.07) is 1.98. The Bertz CT molecular complexity index is 308. The van der Waals surface area contributed by atoms with Crippen LogP contribution in [0.2, 0.25) is 0 Å². The highest BCUT2D eigenvalue weighted by molar-refractivity contribution is 5.94. The van der Waals surface area contributed by atoms with E-state index in [1.54, 1.807) is 12.4 Å². The number of carbonyl (C=O) groups excluding carboxylic acids is 1. The van der Waals surface area contributed by atoms with Crippen LogP contribution in [0.1, 0.15) is 29.8 Å². The summed E-state index contributed by atoms with van der Waals surface area (Å²) in [7, 11) is 0. The van der Waals surface area contributed by atoms with Crippen LogP contribution in [0.5, 0.6) is 0 Å². The molecule has 0 radical (unpaired) electrons. The monoisotopic (exact) mass is 178 g/mol. The molecule has 1 amide bonds. The number of amides is 1. The van der Waals surface area contributed by atoms with Crippen molar-refractivity contribution in [3.63, 3.8) is 0 Å². The van der Waals surface area contributed by atoms with Crippen LogP contribution in [0.4, 0.5) is 0 Å². The topological polar surface area (TPSA) is 42.0 Å². The van der Waals surface area contributed by atoms with Crippen molar-refractivity contribution in [2.24, 2.45) is 0 Å². The van der Waals surface area contributed by atoms with E-state index in [1.165, 1.54) is 0 Å². The number of aryl methyl sites for hydroxylation is 1. The molecule has 3 heteroatoms. The van der Waals surface area contributed by atoms with E-state index in [-0.39, 0.29) is 11.9 Å². The van der Waals surface area contributed by atoms with Crippen LogP contribution >= 0.6 is 0 Å². The van der Waals surface area contributed by atoms with E-state index in [0.29, 0.717) is 5.56 Å². The molecule has 3 nitrogen and oxygen atoms in total. The molecule has 1 heterocycles. The van der Waals surface area contributed by atoms with Gasteiger partial charge in [-0.3, -0.25) is 9.78 Å². The zero-order chi connectivity index (χ0) is 9.84. The molecule has 13 heavy (non-hydrogen) atoms. The lowest BCUT2D eigenvalue weighted by Crippen LogP contribution is -2.30. The van der Waals surface area contributed by atoms with Gasteiger partial charge in [0.15, 0.2) is 0 Å². The number of hydrogen-bond acceptors (Lipinski definition) is 2. The first-order chi connectivity index (χ1) is 6.09. The van der Waals surface area contributed by atoms with Crippen molar-refractivity contribution in [1.29, 1.82) is 0 Å². The van der Waals surface area contributed by atoms with Crippen LogP contribution in [-0.4, -0.2) is 16.9 Å². The summed E-state index contributed by atoms with van der Waals surface area (Å²) >= 11 is 0. The fourth-order valence-corrected chi connectivity index (χ4v) is 1.02. The number of hydrogen-bond donors (Lipinski definition) is 1. The number of rotatable bonds is 2. The Morgan fingerprint density at radius 1 is 1.46 bits per heavy atom. The largest absolute Gasteiger partial charge is 0.350 e. The first-order valence-electron chi connectivity index (χ1n) is 4.32. The van der Waals surface area contributed by atoms with Gasteiger partial charge in [0, 0.05) is 18.4 Å². The standard InChI is InChI=1S/C10H14N2O/c1-7(2)12-10(13)9-4-8(3)5-11-6-9/h4-7H,1-3H3,(H,12,13).